The molecule has 1 aromatic rings. The molecule has 3 rings (SSSR count). The summed E-state index contributed by atoms with van der Waals surface area (Å²) in [6.07, 6.45) is 7.13. The fourth-order valence-corrected chi connectivity index (χ4v) is 3.09. The van der Waals surface area contributed by atoms with E-state index in [4.69, 9.17) is 0 Å². The van der Waals surface area contributed by atoms with Gasteiger partial charge in [-0.05, 0) is 37.8 Å². The molecule has 2 aliphatic heterocycles. The van der Waals surface area contributed by atoms with Crippen LogP contribution in [0.1, 0.15) is 25.7 Å². The molecule has 86 valence electrons. The van der Waals surface area contributed by atoms with Crippen molar-refractivity contribution >= 4 is 5.82 Å². The minimum absolute atomic E-state index is 0.661. The molecule has 1 aromatic heterocycles. The summed E-state index contributed by atoms with van der Waals surface area (Å²) in [4.78, 5) is 6.78. The van der Waals surface area contributed by atoms with E-state index in [-0.39, 0.29) is 0 Å². The molecule has 2 bridgehead atoms. The second-order valence-electron chi connectivity index (χ2n) is 5.06. The van der Waals surface area contributed by atoms with Crippen LogP contribution in [0.15, 0.2) is 24.4 Å². The third-order valence-corrected chi connectivity index (χ3v) is 4.01. The molecule has 3 heteroatoms. The predicted molar refractivity (Wildman–Crippen MR) is 65.6 cm³/mol. The molecule has 0 amide bonds. The lowest BCUT2D eigenvalue weighted by Gasteiger charge is -2.36. The SMILES string of the molecule is CN(c1ccccn1)C1CC2CCC(C1)N2. The number of hydrogen-bond acceptors (Lipinski definition) is 3. The number of nitrogens with one attached hydrogen (secondary N) is 1. The average molecular weight is 217 g/mol. The smallest absolute Gasteiger partial charge is 0.128 e. The highest BCUT2D eigenvalue weighted by Gasteiger charge is 2.35. The zero-order chi connectivity index (χ0) is 11.0. The van der Waals surface area contributed by atoms with Gasteiger partial charge in [-0.15, -0.1) is 0 Å². The monoisotopic (exact) mass is 217 g/mol. The maximum atomic E-state index is 4.43. The van der Waals surface area contributed by atoms with Crippen LogP contribution in [0, 0.1) is 0 Å². The maximum absolute atomic E-state index is 4.43. The Hall–Kier alpha value is -1.09. The summed E-state index contributed by atoms with van der Waals surface area (Å²) >= 11 is 0. The number of pyridine rings is 1. The Labute approximate surface area is 96.9 Å². The molecule has 0 saturated carbocycles. The fourth-order valence-electron chi connectivity index (χ4n) is 3.09. The van der Waals surface area contributed by atoms with Gasteiger partial charge in [-0.2, -0.15) is 0 Å². The van der Waals surface area contributed by atoms with Crippen LogP contribution in [-0.4, -0.2) is 30.2 Å². The number of anilines is 1. The number of fused-ring (bicyclic) bond motifs is 2. The Bertz CT molecular complexity index is 339. The molecule has 2 unspecified atom stereocenters. The first-order valence-corrected chi connectivity index (χ1v) is 6.23. The van der Waals surface area contributed by atoms with Crippen LogP contribution in [0.3, 0.4) is 0 Å². The lowest BCUT2D eigenvalue weighted by atomic mass is 9.98. The summed E-state index contributed by atoms with van der Waals surface area (Å²) in [6, 6.07) is 8.29. The van der Waals surface area contributed by atoms with Gasteiger partial charge >= 0.3 is 0 Å². The topological polar surface area (TPSA) is 28.2 Å². The molecule has 0 aromatic carbocycles. The first kappa shape index (κ1) is 10.1. The molecule has 2 fully saturated rings. The third-order valence-electron chi connectivity index (χ3n) is 4.01. The molecular formula is C13H19N3. The number of nitrogens with zero attached hydrogens (tertiary/aromatic N) is 2. The van der Waals surface area contributed by atoms with Crippen molar-refractivity contribution in [2.75, 3.05) is 11.9 Å². The molecule has 2 aliphatic rings. The van der Waals surface area contributed by atoms with Crippen molar-refractivity contribution in [3.05, 3.63) is 24.4 Å². The standard InChI is InChI=1S/C13H19N3/c1-16(13-4-2-3-7-14-13)12-8-10-5-6-11(9-12)15-10/h2-4,7,10-12,15H,5-6,8-9H2,1H3. The van der Waals surface area contributed by atoms with Crippen LogP contribution in [0.5, 0.6) is 0 Å². The van der Waals surface area contributed by atoms with Crippen LogP contribution < -0.4 is 10.2 Å². The van der Waals surface area contributed by atoms with Crippen molar-refractivity contribution in [3.8, 4) is 0 Å². The summed E-state index contributed by atoms with van der Waals surface area (Å²) in [6.45, 7) is 0. The average Bonchev–Trinajstić information content (AvgIpc) is 2.68. The Morgan fingerprint density at radius 3 is 2.62 bits per heavy atom. The van der Waals surface area contributed by atoms with Crippen LogP contribution in [0.4, 0.5) is 5.82 Å². The van der Waals surface area contributed by atoms with Crippen molar-refractivity contribution in [2.45, 2.75) is 43.8 Å². The van der Waals surface area contributed by atoms with Gasteiger partial charge in [0.25, 0.3) is 0 Å². The van der Waals surface area contributed by atoms with Gasteiger partial charge in [0.1, 0.15) is 5.82 Å². The lowest BCUT2D eigenvalue weighted by Crippen LogP contribution is -2.47. The normalized spacial score (nSPS) is 32.7. The van der Waals surface area contributed by atoms with E-state index in [0.29, 0.717) is 6.04 Å². The van der Waals surface area contributed by atoms with Crippen LogP contribution in [0.25, 0.3) is 0 Å². The van der Waals surface area contributed by atoms with Crippen LogP contribution in [0.2, 0.25) is 0 Å². The Morgan fingerprint density at radius 1 is 1.25 bits per heavy atom. The van der Waals surface area contributed by atoms with E-state index in [1.54, 1.807) is 0 Å². The van der Waals surface area contributed by atoms with E-state index in [0.717, 1.165) is 17.9 Å². The highest BCUT2D eigenvalue weighted by molar-refractivity contribution is 5.38. The molecule has 3 nitrogen and oxygen atoms in total. The molecule has 0 aliphatic carbocycles. The van der Waals surface area contributed by atoms with Crippen molar-refractivity contribution in [1.29, 1.82) is 0 Å². The molecule has 16 heavy (non-hydrogen) atoms. The van der Waals surface area contributed by atoms with Crippen molar-refractivity contribution in [1.82, 2.24) is 10.3 Å². The van der Waals surface area contributed by atoms with E-state index >= 15 is 0 Å². The summed E-state index contributed by atoms with van der Waals surface area (Å²) in [5.41, 5.74) is 0. The highest BCUT2D eigenvalue weighted by Crippen LogP contribution is 2.30. The van der Waals surface area contributed by atoms with E-state index in [9.17, 15) is 0 Å². The first-order chi connectivity index (χ1) is 7.83. The molecule has 0 spiro atoms. The van der Waals surface area contributed by atoms with E-state index in [1.807, 2.05) is 12.3 Å². The minimum Gasteiger partial charge on any atom is -0.357 e. The maximum Gasteiger partial charge on any atom is 0.128 e. The molecule has 0 radical (unpaired) electrons. The van der Waals surface area contributed by atoms with Gasteiger partial charge in [0.05, 0.1) is 0 Å². The Balaban J connectivity index is 1.73. The Kier molecular flexibility index (Phi) is 2.56. The van der Waals surface area contributed by atoms with Crippen LogP contribution >= 0.6 is 0 Å². The minimum atomic E-state index is 0.661. The van der Waals surface area contributed by atoms with Crippen molar-refractivity contribution < 1.29 is 0 Å². The lowest BCUT2D eigenvalue weighted by molar-refractivity contribution is 0.354. The van der Waals surface area contributed by atoms with Gasteiger partial charge in [-0.1, -0.05) is 6.07 Å². The Morgan fingerprint density at radius 2 is 2.00 bits per heavy atom. The summed E-state index contributed by atoms with van der Waals surface area (Å²) in [5, 5.41) is 3.68. The van der Waals surface area contributed by atoms with Gasteiger partial charge in [-0.25, -0.2) is 4.98 Å². The molecule has 2 saturated heterocycles. The molecule has 1 N–H and O–H groups in total. The summed E-state index contributed by atoms with van der Waals surface area (Å²) in [7, 11) is 2.18. The number of hydrogen-bond donors (Lipinski definition) is 1. The molecule has 2 atom stereocenters. The van der Waals surface area contributed by atoms with E-state index < -0.39 is 0 Å². The molecule has 3 heterocycles. The van der Waals surface area contributed by atoms with E-state index in [1.165, 1.54) is 25.7 Å². The van der Waals surface area contributed by atoms with Gasteiger partial charge < -0.3 is 10.2 Å². The quantitative estimate of drug-likeness (QED) is 0.818. The first-order valence-electron chi connectivity index (χ1n) is 6.23. The molecular weight excluding hydrogens is 198 g/mol. The van der Waals surface area contributed by atoms with Gasteiger partial charge in [0.15, 0.2) is 0 Å². The number of aromatic nitrogens is 1. The summed E-state index contributed by atoms with van der Waals surface area (Å²) in [5.74, 6) is 1.11. The fraction of sp³-hybridized carbons (Fsp3) is 0.615. The van der Waals surface area contributed by atoms with Crippen molar-refractivity contribution in [3.63, 3.8) is 0 Å². The van der Waals surface area contributed by atoms with Crippen LogP contribution in [-0.2, 0) is 0 Å². The number of piperidine rings is 1. The highest BCUT2D eigenvalue weighted by atomic mass is 15.2. The zero-order valence-electron chi connectivity index (χ0n) is 9.76. The van der Waals surface area contributed by atoms with Gasteiger partial charge in [0, 0.05) is 31.4 Å². The van der Waals surface area contributed by atoms with Gasteiger partial charge in [0.2, 0.25) is 0 Å². The number of rotatable bonds is 2. The van der Waals surface area contributed by atoms with Gasteiger partial charge in [-0.3, -0.25) is 0 Å². The second-order valence-corrected chi connectivity index (χ2v) is 5.06. The van der Waals surface area contributed by atoms with E-state index in [2.05, 4.69) is 34.4 Å². The third kappa shape index (κ3) is 1.80. The largest absolute Gasteiger partial charge is 0.357 e. The predicted octanol–water partition coefficient (Wildman–Crippen LogP) is 1.80. The second kappa shape index (κ2) is 4.06. The summed E-state index contributed by atoms with van der Waals surface area (Å²) < 4.78 is 0. The zero-order valence-corrected chi connectivity index (χ0v) is 9.76. The van der Waals surface area contributed by atoms with Crippen molar-refractivity contribution in [2.24, 2.45) is 0 Å².